The second-order valence-corrected chi connectivity index (χ2v) is 11.9. The number of thiocarbonyl (C=S) groups is 3. The summed E-state index contributed by atoms with van der Waals surface area (Å²) in [6.07, 6.45) is 28.0. The Morgan fingerprint density at radius 1 is 0.568 bits per heavy atom. The molecule has 0 bridgehead atoms. The van der Waals surface area contributed by atoms with Crippen molar-refractivity contribution >= 4 is 59.8 Å². The zero-order valence-electron chi connectivity index (χ0n) is 22.2. The fourth-order valence-electron chi connectivity index (χ4n) is 4.37. The predicted molar refractivity (Wildman–Crippen MR) is 169 cm³/mol. The van der Waals surface area contributed by atoms with Gasteiger partial charge in [-0.05, 0) is 37.5 Å². The average molecular weight is 575 g/mol. The number of rotatable bonds is 15. The smallest absolute Gasteiger partial charge is 0.407 e. The highest BCUT2D eigenvalue weighted by molar-refractivity contribution is 7.81. The molecule has 200 valence electrons. The van der Waals surface area contributed by atoms with Crippen LogP contribution in [-0.4, -0.2) is 14.6 Å². The first-order valence-electron chi connectivity index (χ1n) is 13.6. The van der Waals surface area contributed by atoms with E-state index >= 15 is 0 Å². The van der Waals surface area contributed by atoms with Gasteiger partial charge in [-0.2, -0.15) is 0 Å². The second kappa shape index (κ2) is 15.8. The number of hydrogen-bond acceptors (Lipinski definition) is 6. The van der Waals surface area contributed by atoms with Crippen LogP contribution in [0.1, 0.15) is 78.6 Å². The summed E-state index contributed by atoms with van der Waals surface area (Å²) < 4.78 is 19.2. The maximum absolute atomic E-state index is 6.39. The fourth-order valence-corrected chi connectivity index (χ4v) is 6.54. The van der Waals surface area contributed by atoms with E-state index < -0.39 is 8.60 Å². The van der Waals surface area contributed by atoms with Gasteiger partial charge in [0.2, 0.25) is 0 Å². The van der Waals surface area contributed by atoms with Crippen molar-refractivity contribution in [3.63, 3.8) is 0 Å². The van der Waals surface area contributed by atoms with Gasteiger partial charge in [0, 0.05) is 17.8 Å². The largest absolute Gasteiger partial charge is 0.530 e. The molecule has 3 unspecified atom stereocenters. The van der Waals surface area contributed by atoms with Gasteiger partial charge in [0.1, 0.15) is 17.3 Å². The van der Waals surface area contributed by atoms with Gasteiger partial charge in [-0.25, -0.2) is 0 Å². The molecule has 3 aliphatic rings. The molecule has 3 nitrogen and oxygen atoms in total. The molecule has 3 aliphatic carbocycles. The summed E-state index contributed by atoms with van der Waals surface area (Å²) in [7, 11) is -1.87. The van der Waals surface area contributed by atoms with Crippen LogP contribution in [0, 0.1) is 17.8 Å². The first-order chi connectivity index (χ1) is 18.0. The standard InChI is InChI=1S/C30H39O3PS3/c1-4-7-13-22-16-10-19-25(28(22)35)31-34(32-26-20-11-17-23(29(26)36)14-8-5-2)33-27-21-12-18-24(30(27)37)15-9-6-3/h10-12,16-24H,4-9,13-15H2,1-3H3. The molecule has 7 heteroatoms. The zero-order chi connectivity index (χ0) is 26.6. The van der Waals surface area contributed by atoms with Gasteiger partial charge >= 0.3 is 8.60 Å². The molecular formula is C30H39O3PS3. The summed E-state index contributed by atoms with van der Waals surface area (Å²) in [6.45, 7) is 6.57. The summed E-state index contributed by atoms with van der Waals surface area (Å²) in [4.78, 5) is 2.37. The molecule has 0 saturated heterocycles. The van der Waals surface area contributed by atoms with Crippen molar-refractivity contribution in [1.82, 2.24) is 0 Å². The lowest BCUT2D eigenvalue weighted by Gasteiger charge is -2.28. The van der Waals surface area contributed by atoms with Crippen LogP contribution in [0.2, 0.25) is 0 Å². The first kappa shape index (κ1) is 30.1. The van der Waals surface area contributed by atoms with Gasteiger partial charge < -0.3 is 13.6 Å². The Morgan fingerprint density at radius 2 is 0.865 bits per heavy atom. The second-order valence-electron chi connectivity index (χ2n) is 9.58. The van der Waals surface area contributed by atoms with Crippen molar-refractivity contribution in [2.24, 2.45) is 17.8 Å². The summed E-state index contributed by atoms with van der Waals surface area (Å²) in [5.41, 5.74) is 0. The summed E-state index contributed by atoms with van der Waals surface area (Å²) in [6, 6.07) is 0. The number of unbranched alkanes of at least 4 members (excludes halogenated alkanes) is 3. The lowest BCUT2D eigenvalue weighted by atomic mass is 9.94. The Morgan fingerprint density at radius 3 is 1.14 bits per heavy atom. The lowest BCUT2D eigenvalue weighted by Crippen LogP contribution is -2.20. The maximum Gasteiger partial charge on any atom is 0.530 e. The molecule has 0 aromatic heterocycles. The van der Waals surface area contributed by atoms with Crippen LogP contribution >= 0.6 is 45.3 Å². The van der Waals surface area contributed by atoms with Crippen LogP contribution in [0.3, 0.4) is 0 Å². The lowest BCUT2D eigenvalue weighted by molar-refractivity contribution is 0.277. The molecule has 0 aliphatic heterocycles. The van der Waals surface area contributed by atoms with Crippen LogP contribution in [0.15, 0.2) is 72.0 Å². The van der Waals surface area contributed by atoms with Crippen LogP contribution < -0.4 is 0 Å². The zero-order valence-corrected chi connectivity index (χ0v) is 25.5. The van der Waals surface area contributed by atoms with E-state index in [1.54, 1.807) is 0 Å². The van der Waals surface area contributed by atoms with E-state index in [0.29, 0.717) is 17.3 Å². The van der Waals surface area contributed by atoms with Gasteiger partial charge in [0.25, 0.3) is 0 Å². The Bertz CT molecular complexity index is 893. The van der Waals surface area contributed by atoms with Crippen molar-refractivity contribution in [2.45, 2.75) is 78.6 Å². The van der Waals surface area contributed by atoms with E-state index in [0.717, 1.165) is 72.4 Å². The molecule has 0 radical (unpaired) electrons. The molecular weight excluding hydrogens is 536 g/mol. The minimum atomic E-state index is -1.87. The van der Waals surface area contributed by atoms with E-state index in [9.17, 15) is 0 Å². The molecule has 0 saturated carbocycles. The number of allylic oxidation sites excluding steroid dienone is 12. The van der Waals surface area contributed by atoms with E-state index in [1.807, 2.05) is 36.5 Å². The van der Waals surface area contributed by atoms with Gasteiger partial charge in [-0.1, -0.05) is 132 Å². The molecule has 0 heterocycles. The third kappa shape index (κ3) is 8.78. The van der Waals surface area contributed by atoms with E-state index in [-0.39, 0.29) is 17.8 Å². The summed E-state index contributed by atoms with van der Waals surface area (Å²) in [5, 5.41) is 0. The third-order valence-electron chi connectivity index (χ3n) is 6.64. The monoisotopic (exact) mass is 574 g/mol. The van der Waals surface area contributed by atoms with Gasteiger partial charge in [0.05, 0.1) is 14.6 Å². The summed E-state index contributed by atoms with van der Waals surface area (Å²) >= 11 is 17.5. The molecule has 0 aromatic carbocycles. The van der Waals surface area contributed by atoms with Crippen LogP contribution in [0.4, 0.5) is 0 Å². The van der Waals surface area contributed by atoms with Gasteiger partial charge in [-0.15, -0.1) is 0 Å². The first-order valence-corrected chi connectivity index (χ1v) is 15.9. The molecule has 3 atom stereocenters. The highest BCUT2D eigenvalue weighted by atomic mass is 32.1. The van der Waals surface area contributed by atoms with Crippen molar-refractivity contribution in [3.8, 4) is 0 Å². The minimum Gasteiger partial charge on any atom is -0.407 e. The molecule has 0 N–H and O–H groups in total. The minimum absolute atomic E-state index is 0.180. The van der Waals surface area contributed by atoms with E-state index in [4.69, 9.17) is 50.2 Å². The Balaban J connectivity index is 1.79. The average Bonchev–Trinajstić information content (AvgIpc) is 2.90. The van der Waals surface area contributed by atoms with E-state index in [1.165, 1.54) is 0 Å². The molecule has 0 fully saturated rings. The van der Waals surface area contributed by atoms with Crippen molar-refractivity contribution < 1.29 is 13.6 Å². The van der Waals surface area contributed by atoms with Crippen LogP contribution in [0.5, 0.6) is 0 Å². The summed E-state index contributed by atoms with van der Waals surface area (Å²) in [5.74, 6) is 2.43. The van der Waals surface area contributed by atoms with Gasteiger partial charge in [0.15, 0.2) is 0 Å². The molecule has 0 amide bonds. The quantitative estimate of drug-likeness (QED) is 0.143. The Hall–Kier alpha value is -1.46. The van der Waals surface area contributed by atoms with Crippen molar-refractivity contribution in [1.29, 1.82) is 0 Å². The molecule has 3 rings (SSSR count). The van der Waals surface area contributed by atoms with Crippen molar-refractivity contribution in [2.75, 3.05) is 0 Å². The SMILES string of the molecule is CCCCC1C=CC=C(OP(OC2=CC=CC(CCCC)C2=S)OC2=CC=CC(CCCC)C2=S)C1=S. The third-order valence-corrected chi connectivity index (χ3v) is 9.19. The molecule has 37 heavy (non-hydrogen) atoms. The number of hydrogen-bond donors (Lipinski definition) is 0. The fraction of sp³-hybridized carbons (Fsp3) is 0.500. The van der Waals surface area contributed by atoms with Gasteiger partial charge in [-0.3, -0.25) is 0 Å². The van der Waals surface area contributed by atoms with Crippen LogP contribution in [-0.2, 0) is 13.6 Å². The topological polar surface area (TPSA) is 27.7 Å². The highest BCUT2D eigenvalue weighted by Crippen LogP contribution is 2.49. The van der Waals surface area contributed by atoms with Crippen molar-refractivity contribution in [3.05, 3.63) is 72.0 Å². The Labute approximate surface area is 240 Å². The normalized spacial score (nSPS) is 23.9. The molecule has 0 spiro atoms. The maximum atomic E-state index is 6.39. The van der Waals surface area contributed by atoms with E-state index in [2.05, 4.69) is 39.0 Å². The Kier molecular flexibility index (Phi) is 12.9. The van der Waals surface area contributed by atoms with Crippen LogP contribution in [0.25, 0.3) is 0 Å². The predicted octanol–water partition coefficient (Wildman–Crippen LogP) is 10.2. The molecule has 0 aromatic rings. The highest BCUT2D eigenvalue weighted by Gasteiger charge is 2.32.